The summed E-state index contributed by atoms with van der Waals surface area (Å²) in [5.41, 5.74) is 19.0. The molecule has 0 radical (unpaired) electrons. The second-order valence-corrected chi connectivity index (χ2v) is 15.3. The van der Waals surface area contributed by atoms with Crippen LogP contribution in [0.1, 0.15) is 48.9 Å². The SMILES string of the molecule is CC1(C)c2ccccc2-c2ccc(N(C3=CC(c4ccccc4)=C(c4cccc5c4ccn5-c4ccccc4)CC3)c3ccc(-c4ccccc4)cc3)cc21. The van der Waals surface area contributed by atoms with Crippen molar-refractivity contribution in [3.63, 3.8) is 0 Å². The van der Waals surface area contributed by atoms with Gasteiger partial charge in [0.1, 0.15) is 0 Å². The fourth-order valence-electron chi connectivity index (χ4n) is 9.04. The second kappa shape index (κ2) is 13.3. The lowest BCUT2D eigenvalue weighted by Gasteiger charge is -2.33. The summed E-state index contributed by atoms with van der Waals surface area (Å²) in [5, 5.41) is 1.28. The third-order valence-corrected chi connectivity index (χ3v) is 11.8. The van der Waals surface area contributed by atoms with Crippen molar-refractivity contribution in [2.45, 2.75) is 32.1 Å². The zero-order valence-electron chi connectivity index (χ0n) is 31.3. The Morgan fingerprint density at radius 3 is 1.87 bits per heavy atom. The molecule has 1 heterocycles. The minimum absolute atomic E-state index is 0.0944. The van der Waals surface area contributed by atoms with Gasteiger partial charge in [-0.25, -0.2) is 0 Å². The Morgan fingerprint density at radius 1 is 0.491 bits per heavy atom. The molecule has 2 heteroatoms. The van der Waals surface area contributed by atoms with Crippen LogP contribution in [0, 0.1) is 0 Å². The van der Waals surface area contributed by atoms with E-state index in [1.807, 2.05) is 0 Å². The van der Waals surface area contributed by atoms with Crippen LogP contribution in [-0.2, 0) is 5.41 Å². The molecule has 0 saturated heterocycles. The molecule has 2 aliphatic rings. The van der Waals surface area contributed by atoms with Gasteiger partial charge in [-0.15, -0.1) is 0 Å². The molecule has 0 fully saturated rings. The monoisotopic (exact) mass is 706 g/mol. The van der Waals surface area contributed by atoms with Gasteiger partial charge in [0.05, 0.1) is 5.52 Å². The van der Waals surface area contributed by atoms with E-state index in [1.165, 1.54) is 83.6 Å². The molecular formula is C53H42N2. The van der Waals surface area contributed by atoms with Crippen molar-refractivity contribution in [3.05, 3.63) is 222 Å². The van der Waals surface area contributed by atoms with Gasteiger partial charge in [-0.3, -0.25) is 0 Å². The van der Waals surface area contributed by atoms with E-state index in [2.05, 4.69) is 218 Å². The van der Waals surface area contributed by atoms with E-state index < -0.39 is 0 Å². The van der Waals surface area contributed by atoms with Gasteiger partial charge in [0.25, 0.3) is 0 Å². The Morgan fingerprint density at radius 2 is 1.11 bits per heavy atom. The Labute approximate surface area is 324 Å². The Kier molecular flexibility index (Phi) is 7.99. The molecule has 0 spiro atoms. The maximum Gasteiger partial charge on any atom is 0.0534 e. The first-order valence-corrected chi connectivity index (χ1v) is 19.4. The van der Waals surface area contributed by atoms with Gasteiger partial charge in [-0.05, 0) is 123 Å². The first-order chi connectivity index (χ1) is 27.0. The van der Waals surface area contributed by atoms with Gasteiger partial charge in [0, 0.05) is 39.8 Å². The number of hydrogen-bond donors (Lipinski definition) is 0. The quantitative estimate of drug-likeness (QED) is 0.160. The lowest BCUT2D eigenvalue weighted by atomic mass is 9.82. The number of hydrogen-bond acceptors (Lipinski definition) is 1. The first kappa shape index (κ1) is 33.0. The Balaban J connectivity index is 1.15. The normalized spacial score (nSPS) is 14.4. The largest absolute Gasteiger partial charge is 0.317 e. The van der Waals surface area contributed by atoms with Crippen LogP contribution in [0.5, 0.6) is 0 Å². The highest BCUT2D eigenvalue weighted by Gasteiger charge is 2.36. The zero-order valence-corrected chi connectivity index (χ0v) is 31.3. The van der Waals surface area contributed by atoms with Gasteiger partial charge in [0.2, 0.25) is 0 Å². The van der Waals surface area contributed by atoms with E-state index >= 15 is 0 Å². The van der Waals surface area contributed by atoms with Crippen LogP contribution in [0.15, 0.2) is 200 Å². The number of fused-ring (bicyclic) bond motifs is 4. The summed E-state index contributed by atoms with van der Waals surface area (Å²) in [7, 11) is 0. The smallest absolute Gasteiger partial charge is 0.0534 e. The lowest BCUT2D eigenvalue weighted by molar-refractivity contribution is 0.660. The van der Waals surface area contributed by atoms with Crippen LogP contribution in [0.25, 0.3) is 50.0 Å². The molecule has 0 unspecified atom stereocenters. The van der Waals surface area contributed by atoms with Crippen molar-refractivity contribution in [2.75, 3.05) is 4.90 Å². The standard InChI is InChI=1S/C53H42N2/c1-53(2)50-23-13-12-21-46(50)47-32-30-43(36-51(47)53)55(41-27-25-38(26-28-41)37-15-6-3-7-16-37)42-29-31-45(49(35-42)39-17-8-4-9-18-39)44-22-14-24-52-48(44)33-34-54(52)40-19-10-5-11-20-40/h3-28,30,32-36H,29,31H2,1-2H3. The average molecular weight is 707 g/mol. The summed E-state index contributed by atoms with van der Waals surface area (Å²) in [4.78, 5) is 2.51. The van der Waals surface area contributed by atoms with Crippen molar-refractivity contribution in [2.24, 2.45) is 0 Å². The van der Waals surface area contributed by atoms with E-state index in [4.69, 9.17) is 0 Å². The van der Waals surface area contributed by atoms with Gasteiger partial charge >= 0.3 is 0 Å². The third-order valence-electron chi connectivity index (χ3n) is 11.8. The Bertz CT molecular complexity index is 2750. The maximum absolute atomic E-state index is 2.51. The van der Waals surface area contributed by atoms with E-state index in [-0.39, 0.29) is 5.41 Å². The molecule has 2 aliphatic carbocycles. The zero-order chi connectivity index (χ0) is 36.9. The predicted octanol–water partition coefficient (Wildman–Crippen LogP) is 14.0. The van der Waals surface area contributed by atoms with Crippen LogP contribution in [-0.4, -0.2) is 4.57 Å². The van der Waals surface area contributed by atoms with Crippen molar-refractivity contribution in [3.8, 4) is 27.9 Å². The van der Waals surface area contributed by atoms with Crippen LogP contribution in [0.2, 0.25) is 0 Å². The molecule has 10 rings (SSSR count). The van der Waals surface area contributed by atoms with Crippen LogP contribution < -0.4 is 4.90 Å². The molecule has 2 nitrogen and oxygen atoms in total. The van der Waals surface area contributed by atoms with Crippen molar-refractivity contribution in [1.29, 1.82) is 0 Å². The number of nitrogens with zero attached hydrogens (tertiary/aromatic N) is 2. The molecule has 1 aromatic heterocycles. The van der Waals surface area contributed by atoms with Crippen molar-refractivity contribution in [1.82, 2.24) is 4.57 Å². The molecule has 264 valence electrons. The number of benzene rings is 7. The molecule has 0 aliphatic heterocycles. The van der Waals surface area contributed by atoms with E-state index in [9.17, 15) is 0 Å². The van der Waals surface area contributed by atoms with Crippen molar-refractivity contribution < 1.29 is 0 Å². The van der Waals surface area contributed by atoms with Gasteiger partial charge in [0.15, 0.2) is 0 Å². The summed E-state index contributed by atoms with van der Waals surface area (Å²) >= 11 is 0. The maximum atomic E-state index is 2.51. The number of anilines is 2. The number of para-hydroxylation sites is 1. The lowest BCUT2D eigenvalue weighted by Crippen LogP contribution is -2.20. The van der Waals surface area contributed by atoms with Gasteiger partial charge in [-0.2, -0.15) is 0 Å². The van der Waals surface area contributed by atoms with Gasteiger partial charge in [-0.1, -0.05) is 147 Å². The molecule has 0 amide bonds. The number of rotatable bonds is 7. The molecule has 0 saturated carbocycles. The fraction of sp³-hybridized carbons (Fsp3) is 0.0943. The third kappa shape index (κ3) is 5.65. The predicted molar refractivity (Wildman–Crippen MR) is 232 cm³/mol. The van der Waals surface area contributed by atoms with Gasteiger partial charge < -0.3 is 9.47 Å². The summed E-state index contributed by atoms with van der Waals surface area (Å²) in [6.07, 6.45) is 6.51. The van der Waals surface area contributed by atoms with E-state index in [1.54, 1.807) is 0 Å². The number of allylic oxidation sites excluding steroid dienone is 4. The second-order valence-electron chi connectivity index (χ2n) is 15.3. The molecule has 0 atom stereocenters. The van der Waals surface area contributed by atoms with Crippen LogP contribution in [0.3, 0.4) is 0 Å². The van der Waals surface area contributed by atoms with Crippen LogP contribution >= 0.6 is 0 Å². The summed E-state index contributed by atoms with van der Waals surface area (Å²) < 4.78 is 2.31. The molecular weight excluding hydrogens is 665 g/mol. The number of aromatic nitrogens is 1. The molecule has 8 aromatic rings. The molecule has 0 bridgehead atoms. The summed E-state index contributed by atoms with van der Waals surface area (Å²) in [6, 6.07) is 66.5. The highest BCUT2D eigenvalue weighted by molar-refractivity contribution is 6.04. The fourth-order valence-corrected chi connectivity index (χ4v) is 9.04. The average Bonchev–Trinajstić information content (AvgIpc) is 3.79. The van der Waals surface area contributed by atoms with Crippen molar-refractivity contribution >= 4 is 33.4 Å². The molecule has 55 heavy (non-hydrogen) atoms. The topological polar surface area (TPSA) is 8.17 Å². The summed E-state index contributed by atoms with van der Waals surface area (Å²) in [6.45, 7) is 4.74. The van der Waals surface area contributed by atoms with E-state index in [0.717, 1.165) is 18.5 Å². The van der Waals surface area contributed by atoms with Crippen LogP contribution in [0.4, 0.5) is 11.4 Å². The highest BCUT2D eigenvalue weighted by atomic mass is 15.1. The molecule has 0 N–H and O–H groups in total. The molecule has 7 aromatic carbocycles. The minimum atomic E-state index is -0.0944. The Hall–Kier alpha value is -6.64. The van der Waals surface area contributed by atoms with E-state index in [0.29, 0.717) is 0 Å². The summed E-state index contributed by atoms with van der Waals surface area (Å²) in [5.74, 6) is 0. The first-order valence-electron chi connectivity index (χ1n) is 19.4. The highest BCUT2D eigenvalue weighted by Crippen LogP contribution is 2.51. The minimum Gasteiger partial charge on any atom is -0.317 e.